The molecule has 0 radical (unpaired) electrons. The fourth-order valence-corrected chi connectivity index (χ4v) is 1.80. The Kier molecular flexibility index (Phi) is 4.34. The van der Waals surface area contributed by atoms with Crippen LogP contribution < -0.4 is 5.73 Å². The Bertz CT molecular complexity index is 220. The zero-order valence-corrected chi connectivity index (χ0v) is 7.96. The van der Waals surface area contributed by atoms with E-state index in [1.807, 2.05) is 6.08 Å². The molecule has 1 amide bonds. The molecule has 0 saturated heterocycles. The maximum atomic E-state index is 10.3. The molecule has 0 aromatic rings. The van der Waals surface area contributed by atoms with E-state index >= 15 is 0 Å². The van der Waals surface area contributed by atoms with Gasteiger partial charge in [-0.3, -0.25) is 4.79 Å². The van der Waals surface area contributed by atoms with Crippen molar-refractivity contribution in [1.82, 2.24) is 0 Å². The van der Waals surface area contributed by atoms with E-state index < -0.39 is 5.91 Å². The first-order chi connectivity index (χ1) is 6.29. The lowest BCUT2D eigenvalue weighted by Gasteiger charge is -2.19. The van der Waals surface area contributed by atoms with Crippen LogP contribution in [0.1, 0.15) is 38.5 Å². The molecule has 0 aromatic heterocycles. The molecule has 1 aliphatic rings. The van der Waals surface area contributed by atoms with E-state index in [-0.39, 0.29) is 0 Å². The first kappa shape index (κ1) is 10.1. The molecule has 0 heterocycles. The van der Waals surface area contributed by atoms with E-state index in [0.29, 0.717) is 0 Å². The number of nitrogens with two attached hydrogens (primary N) is 1. The maximum absolute atomic E-state index is 10.3. The summed E-state index contributed by atoms with van der Waals surface area (Å²) in [5.74, 6) is 0.391. The molecule has 2 heteroatoms. The van der Waals surface area contributed by atoms with Gasteiger partial charge in [-0.05, 0) is 18.4 Å². The summed E-state index contributed by atoms with van der Waals surface area (Å²) in [5.41, 5.74) is 7.74. The molecule has 0 aliphatic heterocycles. The van der Waals surface area contributed by atoms with Crippen LogP contribution >= 0.6 is 0 Å². The quantitative estimate of drug-likeness (QED) is 0.523. The summed E-state index contributed by atoms with van der Waals surface area (Å²) >= 11 is 0. The number of carbonyl (C=O) groups is 1. The van der Waals surface area contributed by atoms with Crippen LogP contribution in [0.4, 0.5) is 0 Å². The monoisotopic (exact) mass is 179 g/mol. The van der Waals surface area contributed by atoms with Gasteiger partial charge in [0.1, 0.15) is 0 Å². The van der Waals surface area contributed by atoms with Gasteiger partial charge in [-0.15, -0.1) is 5.73 Å². The average Bonchev–Trinajstić information content (AvgIpc) is 2.14. The lowest BCUT2D eigenvalue weighted by atomic mass is 9.87. The minimum atomic E-state index is -0.417. The van der Waals surface area contributed by atoms with Crippen molar-refractivity contribution < 1.29 is 4.79 Å². The van der Waals surface area contributed by atoms with Crippen molar-refractivity contribution in [3.8, 4) is 0 Å². The van der Waals surface area contributed by atoms with Gasteiger partial charge in [-0.25, -0.2) is 0 Å². The van der Waals surface area contributed by atoms with Crippen molar-refractivity contribution in [2.24, 2.45) is 11.7 Å². The highest BCUT2D eigenvalue weighted by Gasteiger charge is 2.10. The molecule has 72 valence electrons. The van der Waals surface area contributed by atoms with Crippen LogP contribution in [0.15, 0.2) is 17.9 Å². The van der Waals surface area contributed by atoms with E-state index in [1.54, 1.807) is 0 Å². The van der Waals surface area contributed by atoms with Crippen LogP contribution in [0, 0.1) is 5.92 Å². The van der Waals surface area contributed by atoms with Gasteiger partial charge in [0.2, 0.25) is 5.91 Å². The first-order valence-electron chi connectivity index (χ1n) is 4.99. The molecule has 0 unspecified atom stereocenters. The minimum Gasteiger partial charge on any atom is -0.366 e. The average molecular weight is 179 g/mol. The number of rotatable bonds is 3. The van der Waals surface area contributed by atoms with Crippen LogP contribution in [0.25, 0.3) is 0 Å². The van der Waals surface area contributed by atoms with Gasteiger partial charge < -0.3 is 5.73 Å². The minimum absolute atomic E-state index is 0.417. The van der Waals surface area contributed by atoms with E-state index in [0.717, 1.165) is 12.3 Å². The Labute approximate surface area is 79.5 Å². The van der Waals surface area contributed by atoms with Crippen LogP contribution in [-0.4, -0.2) is 5.91 Å². The predicted octanol–water partition coefficient (Wildman–Crippen LogP) is 2.15. The smallest absolute Gasteiger partial charge is 0.249 e. The van der Waals surface area contributed by atoms with Gasteiger partial charge in [-0.1, -0.05) is 32.1 Å². The lowest BCUT2D eigenvalue weighted by molar-refractivity contribution is -0.113. The van der Waals surface area contributed by atoms with Gasteiger partial charge in [-0.2, -0.15) is 0 Å². The molecule has 1 fully saturated rings. The number of hydrogen-bond acceptors (Lipinski definition) is 1. The summed E-state index contributed by atoms with van der Waals surface area (Å²) in [6.07, 6.45) is 11.0. The highest BCUT2D eigenvalue weighted by molar-refractivity contribution is 5.85. The Morgan fingerprint density at radius 1 is 1.38 bits per heavy atom. The normalized spacial score (nSPS) is 17.5. The van der Waals surface area contributed by atoms with Crippen LogP contribution in [0.3, 0.4) is 0 Å². The second kappa shape index (κ2) is 5.60. The van der Waals surface area contributed by atoms with Gasteiger partial charge in [0.25, 0.3) is 0 Å². The van der Waals surface area contributed by atoms with E-state index in [2.05, 4.69) is 5.73 Å². The molecule has 13 heavy (non-hydrogen) atoms. The van der Waals surface area contributed by atoms with Crippen LogP contribution in [0.2, 0.25) is 0 Å². The van der Waals surface area contributed by atoms with E-state index in [9.17, 15) is 4.79 Å². The lowest BCUT2D eigenvalue weighted by Crippen LogP contribution is -2.05. The molecular weight excluding hydrogens is 162 g/mol. The summed E-state index contributed by atoms with van der Waals surface area (Å²) < 4.78 is 0. The summed E-state index contributed by atoms with van der Waals surface area (Å²) in [6, 6.07) is 0. The third-order valence-corrected chi connectivity index (χ3v) is 2.52. The van der Waals surface area contributed by atoms with Gasteiger partial charge in [0.05, 0.1) is 0 Å². The second-order valence-corrected chi connectivity index (χ2v) is 3.66. The van der Waals surface area contributed by atoms with Gasteiger partial charge in [0.15, 0.2) is 0 Å². The number of primary amides is 1. The summed E-state index contributed by atoms with van der Waals surface area (Å²) in [4.78, 5) is 10.3. The molecule has 1 aliphatic carbocycles. The van der Waals surface area contributed by atoms with Crippen molar-refractivity contribution in [2.45, 2.75) is 38.5 Å². The summed E-state index contributed by atoms with van der Waals surface area (Å²) in [5, 5.41) is 0. The standard InChI is InChI=1S/C11H17NO/c12-11(13)9-5-4-8-10-6-2-1-3-7-10/h4,9-10H,1-3,6-8H2,(H2,12,13). The van der Waals surface area contributed by atoms with Crippen molar-refractivity contribution in [2.75, 3.05) is 0 Å². The van der Waals surface area contributed by atoms with E-state index in [4.69, 9.17) is 5.73 Å². The maximum Gasteiger partial charge on any atom is 0.249 e. The summed E-state index contributed by atoms with van der Waals surface area (Å²) in [7, 11) is 0. The molecule has 2 N–H and O–H groups in total. The zero-order chi connectivity index (χ0) is 9.52. The molecule has 1 rings (SSSR count). The third kappa shape index (κ3) is 4.54. The second-order valence-electron chi connectivity index (χ2n) is 3.66. The zero-order valence-electron chi connectivity index (χ0n) is 7.96. The first-order valence-corrected chi connectivity index (χ1v) is 4.99. The highest BCUT2D eigenvalue weighted by atomic mass is 16.1. The molecule has 0 bridgehead atoms. The largest absolute Gasteiger partial charge is 0.366 e. The SMILES string of the molecule is NC(=O)C=C=CCC1CCCCC1. The molecule has 2 nitrogen and oxygen atoms in total. The van der Waals surface area contributed by atoms with Crippen molar-refractivity contribution in [3.05, 3.63) is 17.9 Å². The predicted molar refractivity (Wildman–Crippen MR) is 53.0 cm³/mol. The van der Waals surface area contributed by atoms with Crippen molar-refractivity contribution in [3.63, 3.8) is 0 Å². The Hall–Kier alpha value is -1.01. The molecule has 1 saturated carbocycles. The Morgan fingerprint density at radius 2 is 2.08 bits per heavy atom. The Balaban J connectivity index is 2.24. The van der Waals surface area contributed by atoms with Crippen LogP contribution in [0.5, 0.6) is 0 Å². The van der Waals surface area contributed by atoms with Gasteiger partial charge in [0, 0.05) is 6.08 Å². The van der Waals surface area contributed by atoms with Crippen molar-refractivity contribution >= 4 is 5.91 Å². The Morgan fingerprint density at radius 3 is 2.69 bits per heavy atom. The fraction of sp³-hybridized carbons (Fsp3) is 0.636. The van der Waals surface area contributed by atoms with Crippen LogP contribution in [-0.2, 0) is 4.79 Å². The number of hydrogen-bond donors (Lipinski definition) is 1. The number of carbonyl (C=O) groups excluding carboxylic acids is 1. The molecule has 0 aromatic carbocycles. The molecule has 0 spiro atoms. The molecular formula is C11H17NO. The number of amides is 1. The van der Waals surface area contributed by atoms with Gasteiger partial charge >= 0.3 is 0 Å². The fourth-order valence-electron chi connectivity index (χ4n) is 1.80. The van der Waals surface area contributed by atoms with Crippen molar-refractivity contribution in [1.29, 1.82) is 0 Å². The summed E-state index contributed by atoms with van der Waals surface area (Å²) in [6.45, 7) is 0. The topological polar surface area (TPSA) is 43.1 Å². The third-order valence-electron chi connectivity index (χ3n) is 2.52. The highest BCUT2D eigenvalue weighted by Crippen LogP contribution is 2.26. The van der Waals surface area contributed by atoms with E-state index in [1.165, 1.54) is 38.2 Å². The molecule has 0 atom stereocenters.